The van der Waals surface area contributed by atoms with Gasteiger partial charge in [0, 0.05) is 29.4 Å². The predicted molar refractivity (Wildman–Crippen MR) is 130 cm³/mol. The Morgan fingerprint density at radius 2 is 1.94 bits per heavy atom. The standard InChI is InChI=1S/C25H25N5O3S/c1-14-4-7-18(26-22(32)13-30-16(3)10-15(2)29-30)11-21(14)33-23-9-8-19-25(28-23)34-24(27-19)12-20(31)17-5-6-17/h4,7-11,17H,5-6,12-13H2,1-3H3,(H,26,32). The van der Waals surface area contributed by atoms with Gasteiger partial charge in [-0.3, -0.25) is 14.3 Å². The first-order chi connectivity index (χ1) is 16.3. The number of ether oxygens (including phenoxy) is 1. The Kier molecular flexibility index (Phi) is 5.87. The Balaban J connectivity index is 1.28. The predicted octanol–water partition coefficient (Wildman–Crippen LogP) is 4.77. The fraction of sp³-hybridized carbons (Fsp3) is 0.320. The van der Waals surface area contributed by atoms with Crippen molar-refractivity contribution in [3.63, 3.8) is 0 Å². The van der Waals surface area contributed by atoms with Gasteiger partial charge in [-0.1, -0.05) is 17.4 Å². The first kappa shape index (κ1) is 22.2. The van der Waals surface area contributed by atoms with Gasteiger partial charge in [-0.05, 0) is 57.4 Å². The second kappa shape index (κ2) is 8.98. The largest absolute Gasteiger partial charge is 0.439 e. The summed E-state index contributed by atoms with van der Waals surface area (Å²) < 4.78 is 7.73. The molecule has 0 atom stereocenters. The molecular formula is C25H25N5O3S. The van der Waals surface area contributed by atoms with E-state index >= 15 is 0 Å². The molecule has 1 aromatic carbocycles. The number of thiazole rings is 1. The Labute approximate surface area is 201 Å². The summed E-state index contributed by atoms with van der Waals surface area (Å²) in [7, 11) is 0. The lowest BCUT2D eigenvalue weighted by molar-refractivity contribution is -0.119. The van der Waals surface area contributed by atoms with E-state index in [0.717, 1.165) is 45.1 Å². The lowest BCUT2D eigenvalue weighted by Crippen LogP contribution is -2.20. The van der Waals surface area contributed by atoms with Gasteiger partial charge in [0.15, 0.2) is 0 Å². The summed E-state index contributed by atoms with van der Waals surface area (Å²) in [5.74, 6) is 1.36. The molecule has 1 fully saturated rings. The number of Topliss-reactive ketones (excluding diaryl/α,β-unsaturated/α-hetero) is 1. The van der Waals surface area contributed by atoms with Crippen LogP contribution in [0.3, 0.4) is 0 Å². The van der Waals surface area contributed by atoms with E-state index < -0.39 is 0 Å². The molecule has 0 saturated heterocycles. The molecule has 34 heavy (non-hydrogen) atoms. The second-order valence-electron chi connectivity index (χ2n) is 8.71. The van der Waals surface area contributed by atoms with Gasteiger partial charge in [0.2, 0.25) is 11.8 Å². The SMILES string of the molecule is Cc1cc(C)n(CC(=O)Nc2ccc(C)c(Oc3ccc4nc(CC(=O)C5CC5)sc4n3)c2)n1. The molecule has 0 spiro atoms. The number of aryl methyl sites for hydroxylation is 3. The molecule has 3 aromatic heterocycles. The number of aromatic nitrogens is 4. The normalized spacial score (nSPS) is 13.3. The third-order valence-corrected chi connectivity index (χ3v) is 6.68. The minimum atomic E-state index is -0.168. The van der Waals surface area contributed by atoms with Crippen LogP contribution in [0.1, 0.15) is 34.8 Å². The van der Waals surface area contributed by atoms with Crippen LogP contribution in [0, 0.1) is 26.7 Å². The van der Waals surface area contributed by atoms with E-state index in [1.807, 2.05) is 45.0 Å². The van der Waals surface area contributed by atoms with E-state index in [4.69, 9.17) is 4.74 Å². The van der Waals surface area contributed by atoms with Gasteiger partial charge in [0.25, 0.3) is 0 Å². The van der Waals surface area contributed by atoms with Crippen molar-refractivity contribution in [2.45, 2.75) is 46.6 Å². The molecule has 9 heteroatoms. The van der Waals surface area contributed by atoms with E-state index in [9.17, 15) is 9.59 Å². The number of carbonyl (C=O) groups excluding carboxylic acids is 2. The highest BCUT2D eigenvalue weighted by molar-refractivity contribution is 7.18. The van der Waals surface area contributed by atoms with Crippen molar-refractivity contribution >= 4 is 39.1 Å². The van der Waals surface area contributed by atoms with Crippen LogP contribution in [0.4, 0.5) is 5.69 Å². The summed E-state index contributed by atoms with van der Waals surface area (Å²) in [6.07, 6.45) is 2.38. The molecule has 1 aliphatic rings. The summed E-state index contributed by atoms with van der Waals surface area (Å²) >= 11 is 1.43. The average Bonchev–Trinajstić information content (AvgIpc) is 3.49. The molecule has 0 unspecified atom stereocenters. The van der Waals surface area contributed by atoms with Crippen molar-refractivity contribution in [3.05, 3.63) is 58.4 Å². The number of hydrogen-bond acceptors (Lipinski definition) is 7. The van der Waals surface area contributed by atoms with Crippen LogP contribution in [-0.4, -0.2) is 31.4 Å². The summed E-state index contributed by atoms with van der Waals surface area (Å²) in [6.45, 7) is 5.89. The highest BCUT2D eigenvalue weighted by atomic mass is 32.1. The Morgan fingerprint density at radius 3 is 2.68 bits per heavy atom. The molecule has 4 aromatic rings. The van der Waals surface area contributed by atoms with Crippen LogP contribution in [0.5, 0.6) is 11.6 Å². The summed E-state index contributed by atoms with van der Waals surface area (Å²) in [4.78, 5) is 34.5. The highest BCUT2D eigenvalue weighted by Crippen LogP contribution is 2.33. The van der Waals surface area contributed by atoms with Crippen LogP contribution in [0.15, 0.2) is 36.4 Å². The quantitative estimate of drug-likeness (QED) is 0.394. The maximum absolute atomic E-state index is 12.5. The number of ketones is 1. The molecule has 174 valence electrons. The number of nitrogens with zero attached hydrogens (tertiary/aromatic N) is 4. The average molecular weight is 476 g/mol. The molecular weight excluding hydrogens is 450 g/mol. The molecule has 1 N–H and O–H groups in total. The number of carbonyl (C=O) groups is 2. The van der Waals surface area contributed by atoms with Crippen molar-refractivity contribution in [1.29, 1.82) is 0 Å². The van der Waals surface area contributed by atoms with E-state index in [1.165, 1.54) is 11.3 Å². The second-order valence-corrected chi connectivity index (χ2v) is 9.78. The van der Waals surface area contributed by atoms with Gasteiger partial charge in [-0.15, -0.1) is 0 Å². The van der Waals surface area contributed by atoms with Gasteiger partial charge in [-0.25, -0.2) is 9.97 Å². The van der Waals surface area contributed by atoms with Crippen LogP contribution < -0.4 is 10.1 Å². The summed E-state index contributed by atoms with van der Waals surface area (Å²) in [5.41, 5.74) is 4.12. The third kappa shape index (κ3) is 4.99. The van der Waals surface area contributed by atoms with Crippen molar-refractivity contribution < 1.29 is 14.3 Å². The smallest absolute Gasteiger partial charge is 0.246 e. The van der Waals surface area contributed by atoms with E-state index in [2.05, 4.69) is 20.4 Å². The molecule has 0 bridgehead atoms. The van der Waals surface area contributed by atoms with Crippen LogP contribution >= 0.6 is 11.3 Å². The summed E-state index contributed by atoms with van der Waals surface area (Å²) in [5, 5.41) is 8.03. The number of nitrogens with one attached hydrogen (secondary N) is 1. The van der Waals surface area contributed by atoms with E-state index in [-0.39, 0.29) is 24.2 Å². The van der Waals surface area contributed by atoms with Crippen LogP contribution in [-0.2, 0) is 22.6 Å². The number of fused-ring (bicyclic) bond motifs is 1. The first-order valence-electron chi connectivity index (χ1n) is 11.2. The fourth-order valence-electron chi connectivity index (χ4n) is 3.75. The maximum atomic E-state index is 12.5. The Bertz CT molecular complexity index is 1400. The van der Waals surface area contributed by atoms with Gasteiger partial charge >= 0.3 is 0 Å². The van der Waals surface area contributed by atoms with Gasteiger partial charge in [0.05, 0.1) is 12.1 Å². The molecule has 1 aliphatic carbocycles. The first-order valence-corrected chi connectivity index (χ1v) is 12.0. The molecule has 3 heterocycles. The zero-order valence-corrected chi connectivity index (χ0v) is 20.1. The Hall–Kier alpha value is -3.59. The van der Waals surface area contributed by atoms with Crippen molar-refractivity contribution in [2.75, 3.05) is 5.32 Å². The molecule has 5 rings (SSSR count). The molecule has 8 nitrogen and oxygen atoms in total. The molecule has 1 saturated carbocycles. The number of rotatable bonds is 8. The molecule has 1 amide bonds. The van der Waals surface area contributed by atoms with Crippen molar-refractivity contribution in [2.24, 2.45) is 5.92 Å². The van der Waals surface area contributed by atoms with Crippen LogP contribution in [0.2, 0.25) is 0 Å². The Morgan fingerprint density at radius 1 is 1.12 bits per heavy atom. The minimum absolute atomic E-state index is 0.138. The third-order valence-electron chi connectivity index (χ3n) is 5.72. The summed E-state index contributed by atoms with van der Waals surface area (Å²) in [6, 6.07) is 11.1. The number of hydrogen-bond donors (Lipinski definition) is 1. The number of benzene rings is 1. The lowest BCUT2D eigenvalue weighted by Gasteiger charge is -2.11. The van der Waals surface area contributed by atoms with Gasteiger partial charge in [-0.2, -0.15) is 5.10 Å². The fourth-order valence-corrected chi connectivity index (χ4v) is 4.68. The number of amides is 1. The number of pyridine rings is 1. The minimum Gasteiger partial charge on any atom is -0.439 e. The van der Waals surface area contributed by atoms with Gasteiger partial charge in [0.1, 0.15) is 33.4 Å². The highest BCUT2D eigenvalue weighted by Gasteiger charge is 2.30. The van der Waals surface area contributed by atoms with Gasteiger partial charge < -0.3 is 10.1 Å². The van der Waals surface area contributed by atoms with Crippen LogP contribution in [0.25, 0.3) is 10.3 Å². The number of anilines is 1. The monoisotopic (exact) mass is 475 g/mol. The van der Waals surface area contributed by atoms with E-state index in [1.54, 1.807) is 16.8 Å². The maximum Gasteiger partial charge on any atom is 0.246 e. The van der Waals surface area contributed by atoms with Crippen molar-refractivity contribution in [3.8, 4) is 11.6 Å². The zero-order chi connectivity index (χ0) is 23.8. The van der Waals surface area contributed by atoms with E-state index in [0.29, 0.717) is 23.7 Å². The topological polar surface area (TPSA) is 99.0 Å². The molecule has 0 aliphatic heterocycles. The van der Waals surface area contributed by atoms with Crippen molar-refractivity contribution in [1.82, 2.24) is 19.7 Å². The zero-order valence-electron chi connectivity index (χ0n) is 19.3. The molecule has 0 radical (unpaired) electrons. The lowest BCUT2D eigenvalue weighted by atomic mass is 10.2.